The highest BCUT2D eigenvalue weighted by atomic mass is 15.3. The van der Waals surface area contributed by atoms with Gasteiger partial charge in [0.15, 0.2) is 5.65 Å². The molecule has 102 valence electrons. The van der Waals surface area contributed by atoms with Gasteiger partial charge in [0.25, 0.3) is 0 Å². The van der Waals surface area contributed by atoms with Gasteiger partial charge in [-0.05, 0) is 25.5 Å². The SMILES string of the molecule is CC[C@H](C)Nc1ncnc2c1cnn2-c1ccccc1. The summed E-state index contributed by atoms with van der Waals surface area (Å²) in [4.78, 5) is 8.69. The van der Waals surface area contributed by atoms with Crippen molar-refractivity contribution in [2.24, 2.45) is 0 Å². The zero-order valence-electron chi connectivity index (χ0n) is 11.6. The molecule has 3 rings (SSSR count). The summed E-state index contributed by atoms with van der Waals surface area (Å²) in [6.45, 7) is 4.28. The Balaban J connectivity index is 2.08. The topological polar surface area (TPSA) is 55.6 Å². The number of para-hydroxylation sites is 1. The van der Waals surface area contributed by atoms with E-state index in [1.807, 2.05) is 41.2 Å². The molecule has 0 radical (unpaired) electrons. The molecule has 2 aromatic heterocycles. The van der Waals surface area contributed by atoms with Gasteiger partial charge in [0.2, 0.25) is 0 Å². The monoisotopic (exact) mass is 267 g/mol. The minimum Gasteiger partial charge on any atom is -0.367 e. The maximum atomic E-state index is 4.43. The highest BCUT2D eigenvalue weighted by molar-refractivity contribution is 5.87. The first-order chi connectivity index (χ1) is 9.79. The molecule has 0 unspecified atom stereocenters. The van der Waals surface area contributed by atoms with Crippen molar-refractivity contribution in [2.75, 3.05) is 5.32 Å². The molecule has 1 atom stereocenters. The smallest absolute Gasteiger partial charge is 0.168 e. The largest absolute Gasteiger partial charge is 0.367 e. The molecule has 1 aromatic carbocycles. The van der Waals surface area contributed by atoms with E-state index in [9.17, 15) is 0 Å². The van der Waals surface area contributed by atoms with Gasteiger partial charge in [-0.2, -0.15) is 5.10 Å². The predicted molar refractivity (Wildman–Crippen MR) is 80.0 cm³/mol. The van der Waals surface area contributed by atoms with E-state index in [-0.39, 0.29) is 0 Å². The van der Waals surface area contributed by atoms with E-state index in [1.165, 1.54) is 0 Å². The van der Waals surface area contributed by atoms with E-state index in [0.717, 1.165) is 29.0 Å². The summed E-state index contributed by atoms with van der Waals surface area (Å²) in [6, 6.07) is 10.4. The number of anilines is 1. The quantitative estimate of drug-likeness (QED) is 0.789. The fourth-order valence-electron chi connectivity index (χ4n) is 2.05. The second-order valence-electron chi connectivity index (χ2n) is 4.81. The van der Waals surface area contributed by atoms with E-state index in [4.69, 9.17) is 0 Å². The van der Waals surface area contributed by atoms with Gasteiger partial charge in [-0.1, -0.05) is 25.1 Å². The molecule has 0 saturated carbocycles. The Morgan fingerprint density at radius 2 is 2.00 bits per heavy atom. The Bertz CT molecular complexity index is 705. The van der Waals surface area contributed by atoms with E-state index in [0.29, 0.717) is 6.04 Å². The number of nitrogens with zero attached hydrogens (tertiary/aromatic N) is 4. The van der Waals surface area contributed by atoms with E-state index in [2.05, 4.69) is 34.2 Å². The van der Waals surface area contributed by atoms with Crippen LogP contribution in [0.4, 0.5) is 5.82 Å². The summed E-state index contributed by atoms with van der Waals surface area (Å²) in [6.07, 6.45) is 4.43. The molecule has 0 aliphatic heterocycles. The van der Waals surface area contributed by atoms with Crippen molar-refractivity contribution < 1.29 is 0 Å². The van der Waals surface area contributed by atoms with Crippen LogP contribution in [0.2, 0.25) is 0 Å². The van der Waals surface area contributed by atoms with Crippen LogP contribution in [-0.4, -0.2) is 25.8 Å². The lowest BCUT2D eigenvalue weighted by molar-refractivity contribution is 0.760. The lowest BCUT2D eigenvalue weighted by atomic mass is 10.2. The molecule has 2 heterocycles. The van der Waals surface area contributed by atoms with Crippen molar-refractivity contribution in [3.8, 4) is 5.69 Å². The summed E-state index contributed by atoms with van der Waals surface area (Å²) < 4.78 is 1.83. The number of hydrogen-bond acceptors (Lipinski definition) is 4. The van der Waals surface area contributed by atoms with Gasteiger partial charge in [0.1, 0.15) is 12.1 Å². The van der Waals surface area contributed by atoms with E-state index >= 15 is 0 Å². The van der Waals surface area contributed by atoms with Crippen molar-refractivity contribution in [2.45, 2.75) is 26.3 Å². The Morgan fingerprint density at radius 3 is 2.75 bits per heavy atom. The number of hydrogen-bond donors (Lipinski definition) is 1. The van der Waals surface area contributed by atoms with Crippen LogP contribution in [0, 0.1) is 0 Å². The molecule has 5 heteroatoms. The highest BCUT2D eigenvalue weighted by Gasteiger charge is 2.11. The number of nitrogens with one attached hydrogen (secondary N) is 1. The second kappa shape index (κ2) is 5.28. The van der Waals surface area contributed by atoms with Crippen LogP contribution in [0.15, 0.2) is 42.9 Å². The van der Waals surface area contributed by atoms with E-state index in [1.54, 1.807) is 6.33 Å². The van der Waals surface area contributed by atoms with Crippen LogP contribution < -0.4 is 5.32 Å². The molecule has 0 amide bonds. The summed E-state index contributed by atoms with van der Waals surface area (Å²) >= 11 is 0. The fourth-order valence-corrected chi connectivity index (χ4v) is 2.05. The highest BCUT2D eigenvalue weighted by Crippen LogP contribution is 2.22. The van der Waals surface area contributed by atoms with Crippen molar-refractivity contribution >= 4 is 16.9 Å². The van der Waals surface area contributed by atoms with Crippen LogP contribution in [0.3, 0.4) is 0 Å². The van der Waals surface area contributed by atoms with Gasteiger partial charge in [-0.25, -0.2) is 14.6 Å². The summed E-state index contributed by atoms with van der Waals surface area (Å²) in [7, 11) is 0. The first-order valence-electron chi connectivity index (χ1n) is 6.80. The second-order valence-corrected chi connectivity index (χ2v) is 4.81. The first kappa shape index (κ1) is 12.6. The molecule has 0 fully saturated rings. The Kier molecular flexibility index (Phi) is 3.33. The van der Waals surface area contributed by atoms with Crippen molar-refractivity contribution in [3.05, 3.63) is 42.9 Å². The summed E-state index contributed by atoms with van der Waals surface area (Å²) in [5.74, 6) is 0.839. The molecule has 1 N–H and O–H groups in total. The van der Waals surface area contributed by atoms with Crippen molar-refractivity contribution in [1.82, 2.24) is 19.7 Å². The normalized spacial score (nSPS) is 12.5. The molecular weight excluding hydrogens is 250 g/mol. The molecule has 0 aliphatic carbocycles. The average Bonchev–Trinajstić information content (AvgIpc) is 2.93. The molecule has 0 spiro atoms. The van der Waals surface area contributed by atoms with Gasteiger partial charge < -0.3 is 5.32 Å². The van der Waals surface area contributed by atoms with Gasteiger partial charge in [-0.3, -0.25) is 0 Å². The van der Waals surface area contributed by atoms with Crippen LogP contribution in [0.5, 0.6) is 0 Å². The van der Waals surface area contributed by atoms with Crippen molar-refractivity contribution in [1.29, 1.82) is 0 Å². The Morgan fingerprint density at radius 1 is 1.20 bits per heavy atom. The van der Waals surface area contributed by atoms with E-state index < -0.39 is 0 Å². The Hall–Kier alpha value is -2.43. The third-order valence-corrected chi connectivity index (χ3v) is 3.36. The first-order valence-corrected chi connectivity index (χ1v) is 6.80. The number of benzene rings is 1. The summed E-state index contributed by atoms with van der Waals surface area (Å²) in [5, 5.41) is 8.77. The molecular formula is C15H17N5. The lowest BCUT2D eigenvalue weighted by Crippen LogP contribution is -2.14. The third-order valence-electron chi connectivity index (χ3n) is 3.36. The summed E-state index contributed by atoms with van der Waals surface area (Å²) in [5.41, 5.74) is 1.81. The maximum Gasteiger partial charge on any atom is 0.168 e. The molecule has 0 aliphatic rings. The van der Waals surface area contributed by atoms with Crippen LogP contribution in [-0.2, 0) is 0 Å². The number of rotatable bonds is 4. The van der Waals surface area contributed by atoms with Gasteiger partial charge >= 0.3 is 0 Å². The van der Waals surface area contributed by atoms with Crippen LogP contribution in [0.1, 0.15) is 20.3 Å². The standard InChI is InChI=1S/C15H17N5/c1-3-11(2)19-14-13-9-18-20(15(13)17-10-16-14)12-7-5-4-6-8-12/h4-11H,3H2,1-2H3,(H,16,17,19)/t11-/m0/s1. The number of aromatic nitrogens is 4. The third kappa shape index (κ3) is 2.22. The predicted octanol–water partition coefficient (Wildman–Crippen LogP) is 3.03. The fraction of sp³-hybridized carbons (Fsp3) is 0.267. The van der Waals surface area contributed by atoms with Crippen molar-refractivity contribution in [3.63, 3.8) is 0 Å². The van der Waals surface area contributed by atoms with Gasteiger partial charge in [0.05, 0.1) is 17.3 Å². The molecule has 0 saturated heterocycles. The molecule has 5 nitrogen and oxygen atoms in total. The zero-order chi connectivity index (χ0) is 13.9. The maximum absolute atomic E-state index is 4.43. The zero-order valence-corrected chi connectivity index (χ0v) is 11.6. The number of fused-ring (bicyclic) bond motifs is 1. The van der Waals surface area contributed by atoms with Crippen LogP contribution >= 0.6 is 0 Å². The molecule has 20 heavy (non-hydrogen) atoms. The average molecular weight is 267 g/mol. The van der Waals surface area contributed by atoms with Gasteiger partial charge in [-0.15, -0.1) is 0 Å². The lowest BCUT2D eigenvalue weighted by Gasteiger charge is -2.12. The van der Waals surface area contributed by atoms with Crippen LogP contribution in [0.25, 0.3) is 16.7 Å². The molecule has 3 aromatic rings. The van der Waals surface area contributed by atoms with Gasteiger partial charge in [0, 0.05) is 6.04 Å². The minimum absolute atomic E-state index is 0.369. The Labute approximate surface area is 117 Å². The molecule has 0 bridgehead atoms. The minimum atomic E-state index is 0.369.